The molecule has 0 atom stereocenters. The lowest BCUT2D eigenvalue weighted by Crippen LogP contribution is -2.03. The van der Waals surface area contributed by atoms with E-state index in [2.05, 4.69) is 45.0 Å². The highest BCUT2D eigenvalue weighted by Crippen LogP contribution is 2.10. The Morgan fingerprint density at radius 2 is 1.32 bits per heavy atom. The molecule has 0 spiro atoms. The van der Waals surface area contributed by atoms with Crippen molar-refractivity contribution in [1.29, 1.82) is 0 Å². The first-order chi connectivity index (χ1) is 10.7. The summed E-state index contributed by atoms with van der Waals surface area (Å²) in [7, 11) is 1.67. The predicted molar refractivity (Wildman–Crippen MR) is 93.7 cm³/mol. The molecule has 0 aliphatic rings. The second-order valence-electron chi connectivity index (χ2n) is 5.39. The van der Waals surface area contributed by atoms with Crippen molar-refractivity contribution < 1.29 is 9.47 Å². The van der Waals surface area contributed by atoms with Crippen LogP contribution in [0.15, 0.2) is 48.5 Å². The highest BCUT2D eigenvalue weighted by Gasteiger charge is 1.91. The third kappa shape index (κ3) is 7.84. The van der Waals surface area contributed by atoms with Gasteiger partial charge in [0.1, 0.15) is 12.4 Å². The Balaban J connectivity index is 0.000000224. The van der Waals surface area contributed by atoms with Gasteiger partial charge in [0.05, 0.1) is 6.61 Å². The fourth-order valence-corrected chi connectivity index (χ4v) is 1.92. The maximum atomic E-state index is 5.38. The van der Waals surface area contributed by atoms with Crippen molar-refractivity contribution in [3.63, 3.8) is 0 Å². The minimum atomic E-state index is 0.611. The molecule has 0 N–H and O–H groups in total. The lowest BCUT2D eigenvalue weighted by Gasteiger charge is -2.04. The summed E-state index contributed by atoms with van der Waals surface area (Å²) in [4.78, 5) is 0. The van der Waals surface area contributed by atoms with Crippen molar-refractivity contribution in [2.75, 3.05) is 20.3 Å². The standard InChI is InChI=1S/C10H14O2.C10H14/c1-9-3-5-10(6-4-9)12-8-7-11-2;1-3-4-10-7-5-9(2)6-8-10/h3-6H,7-8H2,1-2H3;5-8H,3-4H2,1-2H3. The van der Waals surface area contributed by atoms with Crippen LogP contribution in [-0.2, 0) is 11.2 Å². The van der Waals surface area contributed by atoms with Crippen molar-refractivity contribution in [2.24, 2.45) is 0 Å². The van der Waals surface area contributed by atoms with Crippen LogP contribution in [0.2, 0.25) is 0 Å². The third-order valence-corrected chi connectivity index (χ3v) is 3.24. The van der Waals surface area contributed by atoms with E-state index in [1.54, 1.807) is 7.11 Å². The Morgan fingerprint density at radius 3 is 1.82 bits per heavy atom. The van der Waals surface area contributed by atoms with Crippen LogP contribution >= 0.6 is 0 Å². The van der Waals surface area contributed by atoms with Crippen LogP contribution in [0.5, 0.6) is 5.75 Å². The van der Waals surface area contributed by atoms with E-state index in [-0.39, 0.29) is 0 Å². The normalized spacial score (nSPS) is 9.82. The molecule has 0 saturated heterocycles. The molecule has 2 nitrogen and oxygen atoms in total. The molecule has 0 aromatic heterocycles. The second kappa shape index (κ2) is 10.9. The van der Waals surface area contributed by atoms with Crippen LogP contribution in [0.3, 0.4) is 0 Å². The van der Waals surface area contributed by atoms with Gasteiger partial charge in [0.2, 0.25) is 0 Å². The SMILES string of the molecule is CCCc1ccc(C)cc1.COCCOc1ccc(C)cc1. The van der Waals surface area contributed by atoms with E-state index < -0.39 is 0 Å². The van der Waals surface area contributed by atoms with Gasteiger partial charge < -0.3 is 9.47 Å². The van der Waals surface area contributed by atoms with Crippen LogP contribution in [-0.4, -0.2) is 20.3 Å². The van der Waals surface area contributed by atoms with Crippen molar-refractivity contribution >= 4 is 0 Å². The molecule has 0 amide bonds. The van der Waals surface area contributed by atoms with Gasteiger partial charge in [-0.15, -0.1) is 0 Å². The molecule has 2 heteroatoms. The minimum absolute atomic E-state index is 0.611. The molecule has 120 valence electrons. The summed E-state index contributed by atoms with van der Waals surface area (Å²) in [6, 6.07) is 16.7. The van der Waals surface area contributed by atoms with Crippen LogP contribution in [0.1, 0.15) is 30.0 Å². The first-order valence-corrected chi connectivity index (χ1v) is 7.89. The van der Waals surface area contributed by atoms with Gasteiger partial charge in [-0.05, 0) is 38.0 Å². The van der Waals surface area contributed by atoms with Crippen LogP contribution in [0.4, 0.5) is 0 Å². The number of methoxy groups -OCH3 is 1. The van der Waals surface area contributed by atoms with E-state index in [1.807, 2.05) is 24.3 Å². The molecule has 0 radical (unpaired) electrons. The van der Waals surface area contributed by atoms with Gasteiger partial charge >= 0.3 is 0 Å². The fraction of sp³-hybridized carbons (Fsp3) is 0.400. The number of hydrogen-bond donors (Lipinski definition) is 0. The molecule has 0 unspecified atom stereocenters. The van der Waals surface area contributed by atoms with E-state index in [9.17, 15) is 0 Å². The lowest BCUT2D eigenvalue weighted by molar-refractivity contribution is 0.146. The van der Waals surface area contributed by atoms with Gasteiger partial charge in [-0.25, -0.2) is 0 Å². The average molecular weight is 300 g/mol. The van der Waals surface area contributed by atoms with Crippen molar-refractivity contribution in [2.45, 2.75) is 33.6 Å². The maximum absolute atomic E-state index is 5.38. The first kappa shape index (κ1) is 18.2. The zero-order valence-corrected chi connectivity index (χ0v) is 14.3. The molecule has 0 fully saturated rings. The van der Waals surface area contributed by atoms with E-state index in [1.165, 1.54) is 29.5 Å². The molecular weight excluding hydrogens is 272 g/mol. The van der Waals surface area contributed by atoms with Gasteiger partial charge in [0.15, 0.2) is 0 Å². The molecule has 0 aliphatic heterocycles. The van der Waals surface area contributed by atoms with Crippen LogP contribution < -0.4 is 4.74 Å². The van der Waals surface area contributed by atoms with Crippen molar-refractivity contribution in [3.05, 3.63) is 65.2 Å². The minimum Gasteiger partial charge on any atom is -0.491 e. The smallest absolute Gasteiger partial charge is 0.119 e. The van der Waals surface area contributed by atoms with Crippen molar-refractivity contribution in [1.82, 2.24) is 0 Å². The molecule has 0 saturated carbocycles. The maximum Gasteiger partial charge on any atom is 0.119 e. The predicted octanol–water partition coefficient (Wildman–Crippen LogP) is 4.97. The third-order valence-electron chi connectivity index (χ3n) is 3.24. The quantitative estimate of drug-likeness (QED) is 0.701. The monoisotopic (exact) mass is 300 g/mol. The van der Waals surface area contributed by atoms with Gasteiger partial charge in [0.25, 0.3) is 0 Å². The van der Waals surface area contributed by atoms with E-state index >= 15 is 0 Å². The number of hydrogen-bond acceptors (Lipinski definition) is 2. The molecule has 2 aromatic rings. The Bertz CT molecular complexity index is 500. The summed E-state index contributed by atoms with van der Waals surface area (Å²) in [6.07, 6.45) is 2.45. The summed E-state index contributed by atoms with van der Waals surface area (Å²) in [5.41, 5.74) is 4.04. The van der Waals surface area contributed by atoms with Gasteiger partial charge in [-0.1, -0.05) is 60.9 Å². The Hall–Kier alpha value is -1.80. The molecule has 0 heterocycles. The summed E-state index contributed by atoms with van der Waals surface area (Å²) in [6.45, 7) is 7.63. The number of aryl methyl sites for hydroxylation is 3. The average Bonchev–Trinajstić information content (AvgIpc) is 2.53. The summed E-state index contributed by atoms with van der Waals surface area (Å²) in [5, 5.41) is 0. The molecular formula is C20H28O2. The number of ether oxygens (including phenoxy) is 2. The largest absolute Gasteiger partial charge is 0.491 e. The van der Waals surface area contributed by atoms with Gasteiger partial charge in [-0.3, -0.25) is 0 Å². The highest BCUT2D eigenvalue weighted by molar-refractivity contribution is 5.26. The number of benzene rings is 2. The van der Waals surface area contributed by atoms with Gasteiger partial charge in [-0.2, -0.15) is 0 Å². The van der Waals surface area contributed by atoms with E-state index in [0.29, 0.717) is 13.2 Å². The highest BCUT2D eigenvalue weighted by atomic mass is 16.5. The lowest BCUT2D eigenvalue weighted by atomic mass is 10.1. The molecule has 2 rings (SSSR count). The van der Waals surface area contributed by atoms with Crippen molar-refractivity contribution in [3.8, 4) is 5.75 Å². The molecule has 2 aromatic carbocycles. The Morgan fingerprint density at radius 1 is 0.773 bits per heavy atom. The fourth-order valence-electron chi connectivity index (χ4n) is 1.92. The van der Waals surface area contributed by atoms with Crippen LogP contribution in [0, 0.1) is 13.8 Å². The Labute approximate surface area is 135 Å². The zero-order chi connectivity index (χ0) is 16.2. The summed E-state index contributed by atoms with van der Waals surface area (Å²) < 4.78 is 10.2. The Kier molecular flexibility index (Phi) is 9.01. The molecule has 0 aliphatic carbocycles. The first-order valence-electron chi connectivity index (χ1n) is 7.89. The summed E-state index contributed by atoms with van der Waals surface area (Å²) >= 11 is 0. The molecule has 0 bridgehead atoms. The van der Waals surface area contributed by atoms with E-state index in [4.69, 9.17) is 9.47 Å². The molecule has 22 heavy (non-hydrogen) atoms. The summed E-state index contributed by atoms with van der Waals surface area (Å²) in [5.74, 6) is 0.901. The zero-order valence-electron chi connectivity index (χ0n) is 14.3. The van der Waals surface area contributed by atoms with Crippen LogP contribution in [0.25, 0.3) is 0 Å². The van der Waals surface area contributed by atoms with E-state index in [0.717, 1.165) is 5.75 Å². The topological polar surface area (TPSA) is 18.5 Å². The second-order valence-corrected chi connectivity index (χ2v) is 5.39. The number of rotatable bonds is 6. The van der Waals surface area contributed by atoms with Gasteiger partial charge in [0, 0.05) is 7.11 Å².